The smallest absolute Gasteiger partial charge is 0.189 e. The van der Waals surface area contributed by atoms with E-state index < -0.39 is 0 Å². The highest BCUT2D eigenvalue weighted by Crippen LogP contribution is 2.28. The maximum Gasteiger partial charge on any atom is 0.189 e. The molecule has 8 heteroatoms. The molecule has 0 radical (unpaired) electrons. The Morgan fingerprint density at radius 1 is 1.04 bits per heavy atom. The normalized spacial score (nSPS) is 14.3. The molecule has 1 saturated heterocycles. The second-order valence-electron chi connectivity index (χ2n) is 6.48. The predicted octanol–water partition coefficient (Wildman–Crippen LogP) is 2.12. The number of pyridine rings is 1. The summed E-state index contributed by atoms with van der Waals surface area (Å²) in [6, 6.07) is 13.6. The molecule has 27 heavy (non-hydrogen) atoms. The molecule has 1 aliphatic rings. The number of para-hydroxylation sites is 1. The van der Waals surface area contributed by atoms with E-state index >= 15 is 0 Å². The molecule has 0 aliphatic carbocycles. The van der Waals surface area contributed by atoms with Gasteiger partial charge in [-0.1, -0.05) is 23.4 Å². The fourth-order valence-electron chi connectivity index (χ4n) is 3.21. The van der Waals surface area contributed by atoms with Crippen LogP contribution in [0.1, 0.15) is 0 Å². The lowest BCUT2D eigenvalue weighted by Crippen LogP contribution is -2.49. The van der Waals surface area contributed by atoms with Crippen molar-refractivity contribution < 1.29 is 4.74 Å². The molecule has 1 aliphatic heterocycles. The molecule has 0 bridgehead atoms. The standard InChI is InChI=1S/C19H17N7O/c1-2-5-15(6-3-1)26-19-17(23-24-26)18(21-13-22-19)25-10-14(11-25)12-27-16-7-4-8-20-9-16/h1-9,13-14H,10-12H2. The minimum Gasteiger partial charge on any atom is -0.492 e. The number of anilines is 1. The van der Waals surface area contributed by atoms with E-state index in [1.807, 2.05) is 42.5 Å². The van der Waals surface area contributed by atoms with Crippen LogP contribution >= 0.6 is 0 Å². The van der Waals surface area contributed by atoms with E-state index in [1.165, 1.54) is 0 Å². The maximum atomic E-state index is 5.79. The highest BCUT2D eigenvalue weighted by molar-refractivity contribution is 5.84. The zero-order valence-electron chi connectivity index (χ0n) is 14.5. The Morgan fingerprint density at radius 3 is 2.74 bits per heavy atom. The third-order valence-electron chi connectivity index (χ3n) is 4.60. The maximum absolute atomic E-state index is 5.79. The fraction of sp³-hybridized carbons (Fsp3) is 0.211. The van der Waals surface area contributed by atoms with Crippen molar-refractivity contribution in [2.24, 2.45) is 5.92 Å². The van der Waals surface area contributed by atoms with Gasteiger partial charge in [0, 0.05) is 25.2 Å². The number of ether oxygens (including phenoxy) is 1. The Kier molecular flexibility index (Phi) is 3.86. The molecule has 0 amide bonds. The summed E-state index contributed by atoms with van der Waals surface area (Å²) < 4.78 is 7.53. The first kappa shape index (κ1) is 15.7. The third kappa shape index (κ3) is 2.95. The summed E-state index contributed by atoms with van der Waals surface area (Å²) in [7, 11) is 0. The van der Waals surface area contributed by atoms with Gasteiger partial charge in [-0.3, -0.25) is 4.98 Å². The van der Waals surface area contributed by atoms with Gasteiger partial charge in [0.2, 0.25) is 0 Å². The molecule has 0 saturated carbocycles. The summed E-state index contributed by atoms with van der Waals surface area (Å²) in [5.74, 6) is 2.06. The van der Waals surface area contributed by atoms with Crippen molar-refractivity contribution in [1.82, 2.24) is 29.9 Å². The van der Waals surface area contributed by atoms with Gasteiger partial charge in [-0.2, -0.15) is 4.68 Å². The third-order valence-corrected chi connectivity index (χ3v) is 4.60. The van der Waals surface area contributed by atoms with Crippen molar-refractivity contribution in [1.29, 1.82) is 0 Å². The van der Waals surface area contributed by atoms with Gasteiger partial charge in [-0.05, 0) is 24.3 Å². The predicted molar refractivity (Wildman–Crippen MR) is 99.9 cm³/mol. The van der Waals surface area contributed by atoms with Crippen LogP contribution in [-0.4, -0.2) is 49.6 Å². The SMILES string of the molecule is c1ccc(-n2nnc3c(N4CC(COc5cccnc5)C4)ncnc32)cc1. The zero-order valence-corrected chi connectivity index (χ0v) is 14.5. The van der Waals surface area contributed by atoms with Crippen molar-refractivity contribution in [3.63, 3.8) is 0 Å². The molecule has 3 aromatic heterocycles. The highest BCUT2D eigenvalue weighted by Gasteiger charge is 2.31. The van der Waals surface area contributed by atoms with Crippen LogP contribution in [0.25, 0.3) is 16.9 Å². The van der Waals surface area contributed by atoms with Crippen LogP contribution in [0.3, 0.4) is 0 Å². The fourth-order valence-corrected chi connectivity index (χ4v) is 3.21. The first-order chi connectivity index (χ1) is 13.4. The van der Waals surface area contributed by atoms with Gasteiger partial charge >= 0.3 is 0 Å². The van der Waals surface area contributed by atoms with Crippen molar-refractivity contribution in [2.75, 3.05) is 24.6 Å². The van der Waals surface area contributed by atoms with Crippen LogP contribution in [-0.2, 0) is 0 Å². The molecule has 1 fully saturated rings. The van der Waals surface area contributed by atoms with Gasteiger partial charge in [-0.15, -0.1) is 5.10 Å². The zero-order chi connectivity index (χ0) is 18.1. The minimum absolute atomic E-state index is 0.444. The van der Waals surface area contributed by atoms with Crippen LogP contribution in [0.15, 0.2) is 61.2 Å². The van der Waals surface area contributed by atoms with E-state index in [-0.39, 0.29) is 0 Å². The van der Waals surface area contributed by atoms with Crippen molar-refractivity contribution in [3.05, 3.63) is 61.2 Å². The van der Waals surface area contributed by atoms with Gasteiger partial charge in [0.25, 0.3) is 0 Å². The average molecular weight is 359 g/mol. The lowest BCUT2D eigenvalue weighted by atomic mass is 10.0. The molecule has 0 unspecified atom stereocenters. The number of rotatable bonds is 5. The second-order valence-corrected chi connectivity index (χ2v) is 6.48. The number of aromatic nitrogens is 6. The number of nitrogens with zero attached hydrogens (tertiary/aromatic N) is 7. The lowest BCUT2D eigenvalue weighted by Gasteiger charge is -2.39. The van der Waals surface area contributed by atoms with Gasteiger partial charge < -0.3 is 9.64 Å². The molecule has 1 aromatic carbocycles. The molecule has 5 rings (SSSR count). The van der Waals surface area contributed by atoms with Crippen molar-refractivity contribution in [3.8, 4) is 11.4 Å². The minimum atomic E-state index is 0.444. The first-order valence-electron chi connectivity index (χ1n) is 8.78. The average Bonchev–Trinajstić information content (AvgIpc) is 3.13. The topological polar surface area (TPSA) is 81.9 Å². The second kappa shape index (κ2) is 6.64. The van der Waals surface area contributed by atoms with Crippen molar-refractivity contribution >= 4 is 17.0 Å². The molecular weight excluding hydrogens is 342 g/mol. The Labute approximate surface area is 155 Å². The van der Waals surface area contributed by atoms with Gasteiger partial charge in [-0.25, -0.2) is 9.97 Å². The first-order valence-corrected chi connectivity index (χ1v) is 8.78. The summed E-state index contributed by atoms with van der Waals surface area (Å²) in [4.78, 5) is 15.1. The molecule has 4 heterocycles. The van der Waals surface area contributed by atoms with E-state index in [0.717, 1.165) is 30.3 Å². The number of hydrogen-bond donors (Lipinski definition) is 0. The van der Waals surface area contributed by atoms with Gasteiger partial charge in [0.15, 0.2) is 17.0 Å². The van der Waals surface area contributed by atoms with Crippen LogP contribution in [0.4, 0.5) is 5.82 Å². The van der Waals surface area contributed by atoms with E-state index in [2.05, 4.69) is 30.2 Å². The summed E-state index contributed by atoms with van der Waals surface area (Å²) in [5, 5.41) is 8.59. The van der Waals surface area contributed by atoms with Crippen molar-refractivity contribution in [2.45, 2.75) is 0 Å². The number of benzene rings is 1. The summed E-state index contributed by atoms with van der Waals surface area (Å²) in [5.41, 5.74) is 2.35. The molecule has 0 atom stereocenters. The van der Waals surface area contributed by atoms with Crippen LogP contribution in [0, 0.1) is 5.92 Å². The summed E-state index contributed by atoms with van der Waals surface area (Å²) >= 11 is 0. The van der Waals surface area contributed by atoms with E-state index in [9.17, 15) is 0 Å². The Hall–Kier alpha value is -3.55. The Balaban J connectivity index is 1.31. The lowest BCUT2D eigenvalue weighted by molar-refractivity contribution is 0.219. The molecule has 8 nitrogen and oxygen atoms in total. The molecular formula is C19H17N7O. The Morgan fingerprint density at radius 2 is 1.93 bits per heavy atom. The number of fused-ring (bicyclic) bond motifs is 1. The highest BCUT2D eigenvalue weighted by atomic mass is 16.5. The van der Waals surface area contributed by atoms with Crippen LogP contribution < -0.4 is 9.64 Å². The summed E-state index contributed by atoms with van der Waals surface area (Å²) in [6.45, 7) is 2.39. The van der Waals surface area contributed by atoms with Crippen LogP contribution in [0.2, 0.25) is 0 Å². The Bertz CT molecular complexity index is 1050. The molecule has 4 aromatic rings. The van der Waals surface area contributed by atoms with Crippen LogP contribution in [0.5, 0.6) is 5.75 Å². The molecule has 0 N–H and O–H groups in total. The quantitative estimate of drug-likeness (QED) is 0.540. The van der Waals surface area contributed by atoms with E-state index in [4.69, 9.17) is 4.74 Å². The van der Waals surface area contributed by atoms with Gasteiger partial charge in [0.1, 0.15) is 12.1 Å². The van der Waals surface area contributed by atoms with E-state index in [1.54, 1.807) is 23.4 Å². The van der Waals surface area contributed by atoms with E-state index in [0.29, 0.717) is 23.7 Å². The molecule has 0 spiro atoms. The number of hydrogen-bond acceptors (Lipinski definition) is 7. The largest absolute Gasteiger partial charge is 0.492 e. The monoisotopic (exact) mass is 359 g/mol. The molecule has 134 valence electrons. The summed E-state index contributed by atoms with van der Waals surface area (Å²) in [6.07, 6.45) is 5.03. The van der Waals surface area contributed by atoms with Gasteiger partial charge in [0.05, 0.1) is 18.5 Å².